The summed E-state index contributed by atoms with van der Waals surface area (Å²) < 4.78 is 45.6. The van der Waals surface area contributed by atoms with E-state index in [1.807, 2.05) is 53.8 Å². The summed E-state index contributed by atoms with van der Waals surface area (Å²) in [4.78, 5) is 35.3. The van der Waals surface area contributed by atoms with Crippen molar-refractivity contribution in [2.75, 3.05) is 13.2 Å². The van der Waals surface area contributed by atoms with Gasteiger partial charge in [0.2, 0.25) is 5.91 Å². The van der Waals surface area contributed by atoms with Crippen LogP contribution in [-0.2, 0) is 14.3 Å². The number of amides is 2. The maximum atomic E-state index is 13.5. The largest absolute Gasteiger partial charge is 0.481 e. The van der Waals surface area contributed by atoms with Crippen LogP contribution in [0.3, 0.4) is 0 Å². The molecule has 2 aromatic carbocycles. The minimum absolute atomic E-state index is 0.144. The fourth-order valence-electron chi connectivity index (χ4n) is 3.86. The van der Waals surface area contributed by atoms with Gasteiger partial charge >= 0.3 is 18.2 Å². The molecular formula is C25H27F3N2O5. The number of carbonyl (C=O) groups excluding carboxylic acids is 2. The van der Waals surface area contributed by atoms with Gasteiger partial charge in [-0.2, -0.15) is 13.2 Å². The highest BCUT2D eigenvalue weighted by atomic mass is 19.4. The van der Waals surface area contributed by atoms with Crippen LogP contribution in [0.15, 0.2) is 48.5 Å². The lowest BCUT2D eigenvalue weighted by molar-refractivity contribution is -0.156. The van der Waals surface area contributed by atoms with Gasteiger partial charge in [0, 0.05) is 18.9 Å². The molecule has 35 heavy (non-hydrogen) atoms. The van der Waals surface area contributed by atoms with Gasteiger partial charge in [0.1, 0.15) is 12.6 Å². The lowest BCUT2D eigenvalue weighted by atomic mass is 9.94. The second kappa shape index (κ2) is 10.4. The Balaban J connectivity index is 1.57. The molecular weight excluding hydrogens is 465 g/mol. The summed E-state index contributed by atoms with van der Waals surface area (Å²) in [7, 11) is 0. The number of alkyl halides is 3. The first-order chi connectivity index (χ1) is 16.4. The van der Waals surface area contributed by atoms with E-state index in [-0.39, 0.29) is 19.1 Å². The van der Waals surface area contributed by atoms with E-state index in [1.54, 1.807) is 0 Å². The van der Waals surface area contributed by atoms with Crippen molar-refractivity contribution in [2.45, 2.75) is 44.8 Å². The van der Waals surface area contributed by atoms with Crippen molar-refractivity contribution in [3.05, 3.63) is 59.7 Å². The molecule has 2 aromatic rings. The summed E-state index contributed by atoms with van der Waals surface area (Å²) in [6.07, 6.45) is -7.30. The van der Waals surface area contributed by atoms with Crippen LogP contribution in [-0.4, -0.2) is 48.4 Å². The lowest BCUT2D eigenvalue weighted by Crippen LogP contribution is -2.46. The quantitative estimate of drug-likeness (QED) is 0.479. The van der Waals surface area contributed by atoms with E-state index in [4.69, 9.17) is 9.84 Å². The van der Waals surface area contributed by atoms with Crippen molar-refractivity contribution in [1.29, 1.82) is 0 Å². The second-order valence-electron chi connectivity index (χ2n) is 9.07. The number of benzene rings is 2. The highest BCUT2D eigenvalue weighted by molar-refractivity contribution is 5.80. The summed E-state index contributed by atoms with van der Waals surface area (Å²) >= 11 is 0. The second-order valence-corrected chi connectivity index (χ2v) is 9.07. The van der Waals surface area contributed by atoms with E-state index in [0.29, 0.717) is 0 Å². The van der Waals surface area contributed by atoms with E-state index in [1.165, 1.54) is 13.8 Å². The van der Waals surface area contributed by atoms with Crippen molar-refractivity contribution < 1.29 is 37.4 Å². The Kier molecular flexibility index (Phi) is 7.72. The zero-order chi connectivity index (χ0) is 25.8. The Morgan fingerprint density at radius 3 is 2.06 bits per heavy atom. The predicted molar refractivity (Wildman–Crippen MR) is 122 cm³/mol. The van der Waals surface area contributed by atoms with Gasteiger partial charge in [-0.25, -0.2) is 4.79 Å². The third-order valence-electron chi connectivity index (χ3n) is 6.00. The van der Waals surface area contributed by atoms with Crippen LogP contribution in [0.4, 0.5) is 18.0 Å². The molecule has 0 aliphatic heterocycles. The van der Waals surface area contributed by atoms with Crippen LogP contribution in [0.25, 0.3) is 11.1 Å². The summed E-state index contributed by atoms with van der Waals surface area (Å²) in [5.74, 6) is -2.20. The fraction of sp³-hybridized carbons (Fsp3) is 0.400. The molecule has 0 spiro atoms. The van der Waals surface area contributed by atoms with Gasteiger partial charge < -0.3 is 20.5 Å². The normalized spacial score (nSPS) is 14.0. The van der Waals surface area contributed by atoms with Gasteiger partial charge in [-0.1, -0.05) is 48.5 Å². The highest BCUT2D eigenvalue weighted by Crippen LogP contribution is 2.44. The van der Waals surface area contributed by atoms with Crippen LogP contribution in [0.5, 0.6) is 0 Å². The molecule has 3 rings (SSSR count). The number of nitrogens with one attached hydrogen (secondary N) is 2. The third kappa shape index (κ3) is 6.32. The fourth-order valence-corrected chi connectivity index (χ4v) is 3.86. The van der Waals surface area contributed by atoms with Gasteiger partial charge in [-0.05, 0) is 42.5 Å². The van der Waals surface area contributed by atoms with E-state index in [2.05, 4.69) is 5.32 Å². The topological polar surface area (TPSA) is 105 Å². The van der Waals surface area contributed by atoms with Gasteiger partial charge in [-0.15, -0.1) is 0 Å². The molecule has 1 aliphatic carbocycles. The first-order valence-electron chi connectivity index (χ1n) is 11.1. The third-order valence-corrected chi connectivity index (χ3v) is 6.00. The van der Waals surface area contributed by atoms with Crippen LogP contribution < -0.4 is 10.6 Å². The molecule has 188 valence electrons. The molecule has 0 unspecified atom stereocenters. The molecule has 0 fully saturated rings. The number of rotatable bonds is 9. The summed E-state index contributed by atoms with van der Waals surface area (Å²) in [6.45, 7) is 2.38. The molecule has 7 nitrogen and oxygen atoms in total. The van der Waals surface area contributed by atoms with Gasteiger partial charge in [0.25, 0.3) is 0 Å². The average molecular weight is 492 g/mol. The highest BCUT2D eigenvalue weighted by Gasteiger charge is 2.41. The Morgan fingerprint density at radius 1 is 1.00 bits per heavy atom. The number of aliphatic carboxylic acids is 1. The summed E-state index contributed by atoms with van der Waals surface area (Å²) in [5.41, 5.74) is 2.56. The number of carboxylic acids is 1. The predicted octanol–water partition coefficient (Wildman–Crippen LogP) is 4.46. The smallest absolute Gasteiger partial charge is 0.408 e. The summed E-state index contributed by atoms with van der Waals surface area (Å²) in [5, 5.41) is 13.2. The zero-order valence-corrected chi connectivity index (χ0v) is 19.3. The number of carbonyl (C=O) groups is 3. The summed E-state index contributed by atoms with van der Waals surface area (Å²) in [6, 6.07) is 12.8. The van der Waals surface area contributed by atoms with Crippen molar-refractivity contribution in [3.8, 4) is 11.1 Å². The Hall–Kier alpha value is -3.56. The van der Waals surface area contributed by atoms with Crippen LogP contribution in [0.2, 0.25) is 0 Å². The molecule has 0 heterocycles. The molecule has 1 aliphatic rings. The molecule has 0 bridgehead atoms. The number of carboxylic acid groups (broad SMARTS) is 1. The zero-order valence-electron chi connectivity index (χ0n) is 19.3. The van der Waals surface area contributed by atoms with Gasteiger partial charge in [0.15, 0.2) is 0 Å². The Labute approximate surface area is 200 Å². The van der Waals surface area contributed by atoms with Crippen molar-refractivity contribution in [1.82, 2.24) is 10.6 Å². The molecule has 3 N–H and O–H groups in total. The molecule has 0 saturated heterocycles. The van der Waals surface area contributed by atoms with E-state index in [0.717, 1.165) is 22.3 Å². The average Bonchev–Trinajstić information content (AvgIpc) is 3.12. The SMILES string of the molecule is CC(C)(CNC(=O)CC[C@H](NC(=O)OCC1c2ccccc2-c2ccccc21)C(F)(F)F)C(=O)O. The molecule has 10 heteroatoms. The Morgan fingerprint density at radius 2 is 1.54 bits per heavy atom. The molecule has 0 aromatic heterocycles. The molecule has 0 saturated carbocycles. The number of hydrogen-bond donors (Lipinski definition) is 3. The van der Waals surface area contributed by atoms with Crippen LogP contribution in [0, 0.1) is 5.41 Å². The number of ether oxygens (including phenoxy) is 1. The van der Waals surface area contributed by atoms with E-state index in [9.17, 15) is 27.6 Å². The molecule has 2 amide bonds. The maximum absolute atomic E-state index is 13.5. The van der Waals surface area contributed by atoms with Gasteiger partial charge in [0.05, 0.1) is 5.41 Å². The Bertz CT molecular complexity index is 1060. The van der Waals surface area contributed by atoms with Crippen molar-refractivity contribution in [3.63, 3.8) is 0 Å². The number of hydrogen-bond acceptors (Lipinski definition) is 4. The lowest BCUT2D eigenvalue weighted by Gasteiger charge is -2.23. The van der Waals surface area contributed by atoms with E-state index < -0.39 is 48.4 Å². The number of fused-ring (bicyclic) bond motifs is 3. The minimum Gasteiger partial charge on any atom is -0.481 e. The molecule has 0 radical (unpaired) electrons. The van der Waals surface area contributed by atoms with Crippen molar-refractivity contribution in [2.24, 2.45) is 5.41 Å². The first-order valence-corrected chi connectivity index (χ1v) is 11.1. The standard InChI is InChI=1S/C25H27F3N2O5/c1-24(2,22(32)33)14-29-21(31)12-11-20(25(26,27)28)30-23(34)35-13-19-17-9-5-3-7-15(17)16-8-4-6-10-18(16)19/h3-10,19-20H,11-14H2,1-2H3,(H,29,31)(H,30,34)(H,32,33)/t20-/m0/s1. The maximum Gasteiger partial charge on any atom is 0.408 e. The van der Waals surface area contributed by atoms with Crippen molar-refractivity contribution >= 4 is 18.0 Å². The van der Waals surface area contributed by atoms with Gasteiger partial charge in [-0.3, -0.25) is 9.59 Å². The molecule has 1 atom stereocenters. The first kappa shape index (κ1) is 26.1. The number of halogens is 3. The number of alkyl carbamates (subject to hydrolysis) is 1. The van der Waals surface area contributed by atoms with E-state index >= 15 is 0 Å². The minimum atomic E-state index is -4.80. The van der Waals surface area contributed by atoms with Crippen LogP contribution >= 0.6 is 0 Å². The van der Waals surface area contributed by atoms with Crippen LogP contribution in [0.1, 0.15) is 43.7 Å². The monoisotopic (exact) mass is 492 g/mol.